The number of carbonyl (C=O) groups is 2. The number of benzene rings is 1. The van der Waals surface area contributed by atoms with Crippen molar-refractivity contribution in [2.24, 2.45) is 0 Å². The fourth-order valence-corrected chi connectivity index (χ4v) is 2.28. The van der Waals surface area contributed by atoms with Gasteiger partial charge in [-0.05, 0) is 38.0 Å². The average molecular weight is 312 g/mol. The number of carboxylic acids is 1. The van der Waals surface area contributed by atoms with E-state index in [1.54, 1.807) is 36.1 Å². The topological polar surface area (TPSA) is 66.8 Å². The highest BCUT2D eigenvalue weighted by Crippen LogP contribution is 2.28. The first-order valence-electron chi connectivity index (χ1n) is 6.92. The molecule has 2 rings (SSSR count). The second-order valence-electron chi connectivity index (χ2n) is 5.12. The lowest BCUT2D eigenvalue weighted by Crippen LogP contribution is -2.42. The summed E-state index contributed by atoms with van der Waals surface area (Å²) < 4.78 is 5.60. The largest absolute Gasteiger partial charge is 0.481 e. The molecule has 0 bridgehead atoms. The molecule has 1 aliphatic carbocycles. The van der Waals surface area contributed by atoms with Crippen molar-refractivity contribution in [3.63, 3.8) is 0 Å². The molecule has 1 aromatic carbocycles. The zero-order valence-electron chi connectivity index (χ0n) is 11.8. The first-order valence-corrected chi connectivity index (χ1v) is 7.29. The molecule has 1 aliphatic rings. The van der Waals surface area contributed by atoms with Crippen LogP contribution in [0.4, 0.5) is 0 Å². The number of nitrogens with zero attached hydrogens (tertiary/aromatic N) is 1. The van der Waals surface area contributed by atoms with Crippen LogP contribution in [0.3, 0.4) is 0 Å². The smallest absolute Gasteiger partial charge is 0.305 e. The van der Waals surface area contributed by atoms with Gasteiger partial charge in [0.2, 0.25) is 0 Å². The van der Waals surface area contributed by atoms with E-state index in [1.807, 2.05) is 0 Å². The average Bonchev–Trinajstić information content (AvgIpc) is 3.23. The molecule has 1 saturated carbocycles. The Balaban J connectivity index is 1.97. The molecule has 0 saturated heterocycles. The Labute approximate surface area is 128 Å². The molecule has 0 heterocycles. The molecule has 1 atom stereocenters. The second kappa shape index (κ2) is 6.80. The molecule has 0 spiro atoms. The van der Waals surface area contributed by atoms with E-state index < -0.39 is 12.1 Å². The van der Waals surface area contributed by atoms with Crippen molar-refractivity contribution >= 4 is 23.5 Å². The van der Waals surface area contributed by atoms with Crippen molar-refractivity contribution in [1.82, 2.24) is 4.90 Å². The fraction of sp³-hybridized carbons (Fsp3) is 0.467. The van der Waals surface area contributed by atoms with E-state index in [2.05, 4.69) is 0 Å². The SMILES string of the molecule is CC(Oc1cccc(Cl)c1)C(=O)N(CCC(=O)O)C1CC1. The summed E-state index contributed by atoms with van der Waals surface area (Å²) in [4.78, 5) is 24.7. The van der Waals surface area contributed by atoms with Crippen molar-refractivity contribution in [2.75, 3.05) is 6.54 Å². The number of ether oxygens (including phenoxy) is 1. The Morgan fingerprint density at radius 2 is 2.19 bits per heavy atom. The lowest BCUT2D eigenvalue weighted by Gasteiger charge is -2.25. The minimum Gasteiger partial charge on any atom is -0.481 e. The maximum Gasteiger partial charge on any atom is 0.305 e. The Morgan fingerprint density at radius 1 is 1.48 bits per heavy atom. The number of carboxylic acid groups (broad SMARTS) is 1. The van der Waals surface area contributed by atoms with Gasteiger partial charge in [0.25, 0.3) is 5.91 Å². The van der Waals surface area contributed by atoms with Gasteiger partial charge in [0.15, 0.2) is 6.10 Å². The van der Waals surface area contributed by atoms with Crippen molar-refractivity contribution in [3.8, 4) is 5.75 Å². The quantitative estimate of drug-likeness (QED) is 0.840. The molecule has 5 nitrogen and oxygen atoms in total. The minimum absolute atomic E-state index is 0.0495. The third-order valence-electron chi connectivity index (χ3n) is 3.29. The van der Waals surface area contributed by atoms with Crippen LogP contribution in [0.1, 0.15) is 26.2 Å². The minimum atomic E-state index is -0.906. The molecule has 6 heteroatoms. The van der Waals surface area contributed by atoms with Crippen LogP contribution in [-0.4, -0.2) is 40.6 Å². The molecular formula is C15H18ClNO4. The van der Waals surface area contributed by atoms with Crippen molar-refractivity contribution in [3.05, 3.63) is 29.3 Å². The summed E-state index contributed by atoms with van der Waals surface area (Å²) >= 11 is 5.87. The maximum atomic E-state index is 12.4. The molecule has 1 amide bonds. The lowest BCUT2D eigenvalue weighted by atomic mass is 10.2. The molecule has 0 aromatic heterocycles. The van der Waals surface area contributed by atoms with Gasteiger partial charge in [-0.2, -0.15) is 0 Å². The van der Waals surface area contributed by atoms with Gasteiger partial charge in [0, 0.05) is 17.6 Å². The van der Waals surface area contributed by atoms with Gasteiger partial charge in [0.1, 0.15) is 5.75 Å². The second-order valence-corrected chi connectivity index (χ2v) is 5.56. The molecule has 1 N–H and O–H groups in total. The normalized spacial score (nSPS) is 15.3. The molecule has 1 fully saturated rings. The van der Waals surface area contributed by atoms with Crippen molar-refractivity contribution in [1.29, 1.82) is 0 Å². The Bertz CT molecular complexity index is 530. The van der Waals surface area contributed by atoms with E-state index >= 15 is 0 Å². The van der Waals surface area contributed by atoms with Gasteiger partial charge >= 0.3 is 5.97 Å². The summed E-state index contributed by atoms with van der Waals surface area (Å²) in [5.41, 5.74) is 0. The van der Waals surface area contributed by atoms with E-state index in [0.717, 1.165) is 12.8 Å². The standard InChI is InChI=1S/C15H18ClNO4/c1-10(21-13-4-2-3-11(16)9-13)15(20)17(12-5-6-12)8-7-14(18)19/h2-4,9-10,12H,5-8H2,1H3,(H,18,19). The maximum absolute atomic E-state index is 12.4. The number of halogens is 1. The van der Waals surface area contributed by atoms with Crippen LogP contribution in [0.5, 0.6) is 5.75 Å². The zero-order chi connectivity index (χ0) is 15.4. The summed E-state index contributed by atoms with van der Waals surface area (Å²) in [6, 6.07) is 7.00. The predicted octanol–water partition coefficient (Wildman–Crippen LogP) is 2.57. The highest BCUT2D eigenvalue weighted by molar-refractivity contribution is 6.30. The van der Waals surface area contributed by atoms with Crippen LogP contribution >= 0.6 is 11.6 Å². The zero-order valence-corrected chi connectivity index (χ0v) is 12.5. The van der Waals surface area contributed by atoms with E-state index in [1.165, 1.54) is 0 Å². The van der Waals surface area contributed by atoms with Crippen LogP contribution in [0.2, 0.25) is 5.02 Å². The first-order chi connectivity index (χ1) is 9.97. The van der Waals surface area contributed by atoms with Crippen molar-refractivity contribution < 1.29 is 19.4 Å². The summed E-state index contributed by atoms with van der Waals surface area (Å²) in [7, 11) is 0. The van der Waals surface area contributed by atoms with Gasteiger partial charge in [-0.3, -0.25) is 9.59 Å². The Morgan fingerprint density at radius 3 is 2.76 bits per heavy atom. The van der Waals surface area contributed by atoms with E-state index in [-0.39, 0.29) is 24.9 Å². The summed E-state index contributed by atoms with van der Waals surface area (Å²) in [6.45, 7) is 1.89. The third kappa shape index (κ3) is 4.63. The van der Waals surface area contributed by atoms with Crippen LogP contribution in [0.15, 0.2) is 24.3 Å². The van der Waals surface area contributed by atoms with E-state index in [0.29, 0.717) is 10.8 Å². The van der Waals surface area contributed by atoms with Gasteiger partial charge in [-0.1, -0.05) is 17.7 Å². The number of hydrogen-bond acceptors (Lipinski definition) is 3. The molecular weight excluding hydrogens is 294 g/mol. The lowest BCUT2D eigenvalue weighted by molar-refractivity contribution is -0.141. The molecule has 21 heavy (non-hydrogen) atoms. The Kier molecular flexibility index (Phi) is 5.07. The molecule has 0 radical (unpaired) electrons. The van der Waals surface area contributed by atoms with E-state index in [9.17, 15) is 9.59 Å². The van der Waals surface area contributed by atoms with Crippen molar-refractivity contribution in [2.45, 2.75) is 38.3 Å². The predicted molar refractivity (Wildman–Crippen MR) is 78.5 cm³/mol. The molecule has 1 unspecified atom stereocenters. The first kappa shape index (κ1) is 15.6. The summed E-state index contributed by atoms with van der Waals surface area (Å²) in [6.07, 6.45) is 1.13. The molecule has 1 aromatic rings. The fourth-order valence-electron chi connectivity index (χ4n) is 2.10. The van der Waals surface area contributed by atoms with Gasteiger partial charge < -0.3 is 14.7 Å². The highest BCUT2D eigenvalue weighted by atomic mass is 35.5. The number of rotatable bonds is 7. The van der Waals surface area contributed by atoms with Crippen LogP contribution in [0, 0.1) is 0 Å². The van der Waals surface area contributed by atoms with Gasteiger partial charge in [-0.15, -0.1) is 0 Å². The van der Waals surface area contributed by atoms with Gasteiger partial charge in [-0.25, -0.2) is 0 Å². The third-order valence-corrected chi connectivity index (χ3v) is 3.53. The van der Waals surface area contributed by atoms with Crippen LogP contribution in [-0.2, 0) is 9.59 Å². The Hall–Kier alpha value is -1.75. The number of amides is 1. The van der Waals surface area contributed by atoms with Gasteiger partial charge in [0.05, 0.1) is 6.42 Å². The van der Waals surface area contributed by atoms with Crippen LogP contribution in [0.25, 0.3) is 0 Å². The number of carbonyl (C=O) groups excluding carboxylic acids is 1. The monoisotopic (exact) mass is 311 g/mol. The van der Waals surface area contributed by atoms with Crippen LogP contribution < -0.4 is 4.74 Å². The molecule has 0 aliphatic heterocycles. The summed E-state index contributed by atoms with van der Waals surface area (Å²) in [5.74, 6) is -0.562. The van der Waals surface area contributed by atoms with E-state index in [4.69, 9.17) is 21.4 Å². The number of aliphatic carboxylic acids is 1. The molecule has 114 valence electrons. The summed E-state index contributed by atoms with van der Waals surface area (Å²) in [5, 5.41) is 9.31. The number of hydrogen-bond donors (Lipinski definition) is 1. The highest BCUT2D eigenvalue weighted by Gasteiger charge is 2.35.